The quantitative estimate of drug-likeness (QED) is 0.712. The van der Waals surface area contributed by atoms with Crippen molar-refractivity contribution >= 4 is 17.3 Å². The summed E-state index contributed by atoms with van der Waals surface area (Å²) in [6.45, 7) is 4.05. The smallest absolute Gasteiger partial charge is 0.227 e. The van der Waals surface area contributed by atoms with E-state index >= 15 is 0 Å². The van der Waals surface area contributed by atoms with Gasteiger partial charge in [0.15, 0.2) is 11.5 Å². The summed E-state index contributed by atoms with van der Waals surface area (Å²) >= 11 is 0. The lowest BCUT2D eigenvalue weighted by atomic mass is 10.00. The molecule has 2 aromatic rings. The monoisotopic (exact) mass is 354 g/mol. The highest BCUT2D eigenvalue weighted by Crippen LogP contribution is 2.26. The summed E-state index contributed by atoms with van der Waals surface area (Å²) in [6.07, 6.45) is 4.28. The van der Waals surface area contributed by atoms with Gasteiger partial charge in [-0.25, -0.2) is 0 Å². The Labute approximate surface area is 154 Å². The highest BCUT2D eigenvalue weighted by molar-refractivity contribution is 5.92. The number of hydrogen-bond acceptors (Lipinski definition) is 4. The number of phenols is 2. The molecule has 2 aromatic carbocycles. The number of nitrogens with zero attached hydrogens (tertiary/aromatic N) is 1. The lowest BCUT2D eigenvalue weighted by Gasteiger charge is -2.28. The van der Waals surface area contributed by atoms with Gasteiger partial charge in [0.2, 0.25) is 5.91 Å². The van der Waals surface area contributed by atoms with Gasteiger partial charge in [0.25, 0.3) is 0 Å². The highest BCUT2D eigenvalue weighted by Gasteiger charge is 2.15. The summed E-state index contributed by atoms with van der Waals surface area (Å²) in [5.41, 5.74) is 2.80. The predicted octanol–water partition coefficient (Wildman–Crippen LogP) is 3.91. The molecule has 1 fully saturated rings. The minimum Gasteiger partial charge on any atom is -0.504 e. The molecule has 1 aliphatic heterocycles. The average Bonchev–Trinajstić information content (AvgIpc) is 2.66. The fraction of sp³-hybridized carbons (Fsp3) is 0.381. The van der Waals surface area contributed by atoms with Gasteiger partial charge in [0.05, 0.1) is 0 Å². The zero-order valence-electron chi connectivity index (χ0n) is 15.1. The maximum Gasteiger partial charge on any atom is 0.227 e. The summed E-state index contributed by atoms with van der Waals surface area (Å²) in [5, 5.41) is 21.9. The maximum absolute atomic E-state index is 12.4. The van der Waals surface area contributed by atoms with Gasteiger partial charge in [-0.3, -0.25) is 4.79 Å². The van der Waals surface area contributed by atoms with E-state index in [4.69, 9.17) is 0 Å². The molecule has 0 saturated carbocycles. The van der Waals surface area contributed by atoms with E-state index in [9.17, 15) is 15.0 Å². The van der Waals surface area contributed by atoms with Gasteiger partial charge in [-0.05, 0) is 67.6 Å². The molecule has 0 radical (unpaired) electrons. The van der Waals surface area contributed by atoms with E-state index in [2.05, 4.69) is 22.3 Å². The number of anilines is 2. The third kappa shape index (κ3) is 4.48. The van der Waals surface area contributed by atoms with Crippen molar-refractivity contribution in [2.75, 3.05) is 23.3 Å². The van der Waals surface area contributed by atoms with Crippen LogP contribution in [0.2, 0.25) is 0 Å². The van der Waals surface area contributed by atoms with Gasteiger partial charge in [-0.1, -0.05) is 13.0 Å². The number of phenolic OH excluding ortho intramolecular Hbond substituents is 2. The summed E-state index contributed by atoms with van der Waals surface area (Å²) in [4.78, 5) is 14.8. The van der Waals surface area contributed by atoms with Crippen LogP contribution < -0.4 is 10.2 Å². The van der Waals surface area contributed by atoms with Gasteiger partial charge in [0.1, 0.15) is 0 Å². The van der Waals surface area contributed by atoms with Crippen LogP contribution in [0.15, 0.2) is 42.5 Å². The normalized spacial score (nSPS) is 15.5. The van der Waals surface area contributed by atoms with Crippen molar-refractivity contribution in [1.82, 2.24) is 0 Å². The Hall–Kier alpha value is -2.69. The van der Waals surface area contributed by atoms with Gasteiger partial charge < -0.3 is 20.4 Å². The first-order valence-corrected chi connectivity index (χ1v) is 9.19. The first-order valence-electron chi connectivity index (χ1n) is 9.19. The highest BCUT2D eigenvalue weighted by atomic mass is 16.3. The molecule has 1 saturated heterocycles. The molecule has 5 nitrogen and oxygen atoms in total. The Balaban J connectivity index is 1.57. The molecule has 3 N–H and O–H groups in total. The minimum atomic E-state index is -0.249. The van der Waals surface area contributed by atoms with E-state index in [0.29, 0.717) is 6.42 Å². The molecule has 3 rings (SSSR count). The molecule has 26 heavy (non-hydrogen) atoms. The standard InChI is InChI=1S/C21H26N2O3/c1-15(13-16-5-10-19(24)20(25)14-16)21(26)22-17-6-8-18(9-7-17)23-11-3-2-4-12-23/h5-10,14-15,24-25H,2-4,11-13H2,1H3,(H,22,26). The van der Waals surface area contributed by atoms with Crippen molar-refractivity contribution in [3.63, 3.8) is 0 Å². The van der Waals surface area contributed by atoms with Crippen molar-refractivity contribution in [2.45, 2.75) is 32.6 Å². The van der Waals surface area contributed by atoms with E-state index < -0.39 is 0 Å². The molecule has 1 heterocycles. The first-order chi connectivity index (χ1) is 12.5. The predicted molar refractivity (Wildman–Crippen MR) is 104 cm³/mol. The second-order valence-corrected chi connectivity index (χ2v) is 7.01. The Morgan fingerprint density at radius 1 is 1.04 bits per heavy atom. The van der Waals surface area contributed by atoms with Crippen LogP contribution in [-0.2, 0) is 11.2 Å². The number of carbonyl (C=O) groups excluding carboxylic acids is 1. The van der Waals surface area contributed by atoms with E-state index in [1.165, 1.54) is 37.1 Å². The van der Waals surface area contributed by atoms with Crippen LogP contribution in [0.1, 0.15) is 31.7 Å². The van der Waals surface area contributed by atoms with E-state index in [1.807, 2.05) is 19.1 Å². The summed E-state index contributed by atoms with van der Waals surface area (Å²) < 4.78 is 0. The van der Waals surface area contributed by atoms with Gasteiger partial charge in [-0.15, -0.1) is 0 Å². The van der Waals surface area contributed by atoms with Gasteiger partial charge in [-0.2, -0.15) is 0 Å². The number of nitrogens with one attached hydrogen (secondary N) is 1. The molecule has 1 atom stereocenters. The van der Waals surface area contributed by atoms with E-state index in [-0.39, 0.29) is 23.3 Å². The zero-order valence-corrected chi connectivity index (χ0v) is 15.1. The molecular formula is C21H26N2O3. The SMILES string of the molecule is CC(Cc1ccc(O)c(O)c1)C(=O)Nc1ccc(N2CCCCC2)cc1. The summed E-state index contributed by atoms with van der Waals surface area (Å²) in [7, 11) is 0. The van der Waals surface area contributed by atoms with Crippen LogP contribution in [0.5, 0.6) is 11.5 Å². The molecule has 0 bridgehead atoms. The lowest BCUT2D eigenvalue weighted by Crippen LogP contribution is -2.29. The lowest BCUT2D eigenvalue weighted by molar-refractivity contribution is -0.119. The number of carbonyl (C=O) groups is 1. The summed E-state index contributed by atoms with van der Waals surface area (Å²) in [5.74, 6) is -0.632. The van der Waals surface area contributed by atoms with Crippen molar-refractivity contribution in [3.05, 3.63) is 48.0 Å². The first kappa shape index (κ1) is 18.1. The van der Waals surface area contributed by atoms with Crippen molar-refractivity contribution in [3.8, 4) is 11.5 Å². The molecule has 138 valence electrons. The fourth-order valence-electron chi connectivity index (χ4n) is 3.32. The number of hydrogen-bond donors (Lipinski definition) is 3. The second kappa shape index (κ2) is 8.13. The minimum absolute atomic E-state index is 0.0664. The Kier molecular flexibility index (Phi) is 5.66. The van der Waals surface area contributed by atoms with Crippen molar-refractivity contribution in [2.24, 2.45) is 5.92 Å². The van der Waals surface area contributed by atoms with Crippen molar-refractivity contribution < 1.29 is 15.0 Å². The van der Waals surface area contributed by atoms with Gasteiger partial charge >= 0.3 is 0 Å². The fourth-order valence-corrected chi connectivity index (χ4v) is 3.32. The number of piperidine rings is 1. The Morgan fingerprint density at radius 3 is 2.38 bits per heavy atom. The van der Waals surface area contributed by atoms with Gasteiger partial charge in [0, 0.05) is 30.4 Å². The molecule has 5 heteroatoms. The zero-order chi connectivity index (χ0) is 18.5. The third-order valence-electron chi connectivity index (χ3n) is 4.89. The second-order valence-electron chi connectivity index (χ2n) is 7.01. The molecule has 1 aliphatic rings. The summed E-state index contributed by atoms with van der Waals surface area (Å²) in [6, 6.07) is 12.7. The van der Waals surface area contributed by atoms with E-state index in [1.54, 1.807) is 6.07 Å². The number of aromatic hydroxyl groups is 2. The Bertz CT molecular complexity index is 752. The van der Waals surface area contributed by atoms with Crippen LogP contribution in [0.4, 0.5) is 11.4 Å². The van der Waals surface area contributed by atoms with Crippen LogP contribution in [-0.4, -0.2) is 29.2 Å². The number of benzene rings is 2. The third-order valence-corrected chi connectivity index (χ3v) is 4.89. The molecule has 1 unspecified atom stereocenters. The van der Waals surface area contributed by atoms with Crippen molar-refractivity contribution in [1.29, 1.82) is 0 Å². The molecule has 0 aliphatic carbocycles. The van der Waals surface area contributed by atoms with Crippen LogP contribution in [0, 0.1) is 5.92 Å². The largest absolute Gasteiger partial charge is 0.504 e. The number of rotatable bonds is 5. The maximum atomic E-state index is 12.4. The Morgan fingerprint density at radius 2 is 1.73 bits per heavy atom. The molecule has 0 spiro atoms. The molecule has 1 amide bonds. The number of amides is 1. The van der Waals surface area contributed by atoms with Crippen LogP contribution >= 0.6 is 0 Å². The topological polar surface area (TPSA) is 72.8 Å². The molecular weight excluding hydrogens is 328 g/mol. The van der Waals surface area contributed by atoms with E-state index in [0.717, 1.165) is 24.3 Å². The molecule has 0 aromatic heterocycles. The van der Waals surface area contributed by atoms with Crippen LogP contribution in [0.3, 0.4) is 0 Å². The van der Waals surface area contributed by atoms with Crippen LogP contribution in [0.25, 0.3) is 0 Å². The average molecular weight is 354 g/mol.